The molecule has 0 saturated carbocycles. The molecule has 0 aliphatic carbocycles. The van der Waals surface area contributed by atoms with E-state index < -0.39 is 6.10 Å². The number of fused-ring (bicyclic) bond motifs is 1. The molecule has 2 aromatic carbocycles. The minimum absolute atomic E-state index is 0.223. The second-order valence-electron chi connectivity index (χ2n) is 6.22. The third-order valence-electron chi connectivity index (χ3n) is 4.26. The highest BCUT2D eigenvalue weighted by atomic mass is 32.1. The van der Waals surface area contributed by atoms with Crippen LogP contribution in [0.1, 0.15) is 6.92 Å². The molecule has 0 aliphatic heterocycles. The third-order valence-corrected chi connectivity index (χ3v) is 5.03. The Morgan fingerprint density at radius 3 is 2.71 bits per heavy atom. The van der Waals surface area contributed by atoms with Crippen molar-refractivity contribution in [3.63, 3.8) is 0 Å². The SMILES string of the molecule is COc1ccc(OC(C)C(=O)Nc2cccc(-c3cn4ccsc4n3)c2)cc1. The van der Waals surface area contributed by atoms with Crippen molar-refractivity contribution in [1.29, 1.82) is 0 Å². The van der Waals surface area contributed by atoms with E-state index in [0.717, 1.165) is 22.0 Å². The summed E-state index contributed by atoms with van der Waals surface area (Å²) in [6.07, 6.45) is 3.30. The fraction of sp³-hybridized carbons (Fsp3) is 0.143. The van der Waals surface area contributed by atoms with E-state index in [1.54, 1.807) is 49.6 Å². The number of rotatable bonds is 6. The summed E-state index contributed by atoms with van der Waals surface area (Å²) < 4.78 is 12.8. The number of nitrogens with zero attached hydrogens (tertiary/aromatic N) is 2. The quantitative estimate of drug-likeness (QED) is 0.525. The van der Waals surface area contributed by atoms with Gasteiger partial charge in [-0.05, 0) is 43.3 Å². The van der Waals surface area contributed by atoms with Gasteiger partial charge < -0.3 is 14.8 Å². The van der Waals surface area contributed by atoms with Gasteiger partial charge in [-0.2, -0.15) is 0 Å². The van der Waals surface area contributed by atoms with Crippen molar-refractivity contribution in [3.8, 4) is 22.8 Å². The van der Waals surface area contributed by atoms with Gasteiger partial charge in [-0.3, -0.25) is 9.20 Å². The molecular formula is C21H19N3O3S. The molecule has 0 fully saturated rings. The number of thiazole rings is 1. The molecule has 4 rings (SSSR count). The van der Waals surface area contributed by atoms with Gasteiger partial charge >= 0.3 is 0 Å². The van der Waals surface area contributed by atoms with E-state index in [0.29, 0.717) is 11.4 Å². The standard InChI is InChI=1S/C21H19N3O3S/c1-14(27-18-8-6-17(26-2)7-9-18)20(25)22-16-5-3-4-15(12-16)19-13-24-10-11-28-21(24)23-19/h3-14H,1-2H3,(H,22,25). The Morgan fingerprint density at radius 1 is 1.18 bits per heavy atom. The van der Waals surface area contributed by atoms with Gasteiger partial charge in [0.15, 0.2) is 11.1 Å². The van der Waals surface area contributed by atoms with Crippen LogP contribution >= 0.6 is 11.3 Å². The van der Waals surface area contributed by atoms with E-state index in [1.807, 2.05) is 46.4 Å². The number of imidazole rings is 1. The Balaban J connectivity index is 1.44. The molecular weight excluding hydrogens is 374 g/mol. The number of anilines is 1. The molecule has 0 aliphatic rings. The van der Waals surface area contributed by atoms with Crippen LogP contribution in [0.3, 0.4) is 0 Å². The average molecular weight is 393 g/mol. The molecule has 2 heterocycles. The van der Waals surface area contributed by atoms with Gasteiger partial charge in [0, 0.05) is 29.0 Å². The Kier molecular flexibility index (Phi) is 4.99. The number of hydrogen-bond acceptors (Lipinski definition) is 5. The van der Waals surface area contributed by atoms with E-state index in [2.05, 4.69) is 10.3 Å². The van der Waals surface area contributed by atoms with Crippen LogP contribution in [0, 0.1) is 0 Å². The highest BCUT2D eigenvalue weighted by molar-refractivity contribution is 7.15. The molecule has 1 N–H and O–H groups in total. The molecule has 0 spiro atoms. The topological polar surface area (TPSA) is 64.9 Å². The second kappa shape index (κ2) is 7.74. The number of benzene rings is 2. The van der Waals surface area contributed by atoms with E-state index >= 15 is 0 Å². The lowest BCUT2D eigenvalue weighted by Gasteiger charge is -2.15. The average Bonchev–Trinajstić information content (AvgIpc) is 3.31. The summed E-state index contributed by atoms with van der Waals surface area (Å²) in [5.74, 6) is 1.12. The normalized spacial score (nSPS) is 11.9. The summed E-state index contributed by atoms with van der Waals surface area (Å²) in [4.78, 5) is 18.0. The fourth-order valence-electron chi connectivity index (χ4n) is 2.78. The molecule has 0 bridgehead atoms. The van der Waals surface area contributed by atoms with E-state index in [-0.39, 0.29) is 5.91 Å². The summed E-state index contributed by atoms with van der Waals surface area (Å²) in [5, 5.41) is 4.89. The summed E-state index contributed by atoms with van der Waals surface area (Å²) in [5.41, 5.74) is 2.51. The largest absolute Gasteiger partial charge is 0.497 e. The first-order valence-electron chi connectivity index (χ1n) is 8.76. The Hall–Kier alpha value is -3.32. The van der Waals surface area contributed by atoms with Crippen LogP contribution in [0.15, 0.2) is 66.3 Å². The van der Waals surface area contributed by atoms with Crippen molar-refractivity contribution in [3.05, 3.63) is 66.3 Å². The predicted molar refractivity (Wildman–Crippen MR) is 110 cm³/mol. The van der Waals surface area contributed by atoms with Gasteiger partial charge in [0.1, 0.15) is 11.5 Å². The van der Waals surface area contributed by atoms with Crippen molar-refractivity contribution in [2.75, 3.05) is 12.4 Å². The number of carbonyl (C=O) groups is 1. The molecule has 2 aromatic heterocycles. The molecule has 1 amide bonds. The van der Waals surface area contributed by atoms with E-state index in [1.165, 1.54) is 0 Å². The van der Waals surface area contributed by atoms with Gasteiger partial charge in [-0.1, -0.05) is 12.1 Å². The van der Waals surface area contributed by atoms with Crippen LogP contribution in [-0.2, 0) is 4.79 Å². The van der Waals surface area contributed by atoms with Crippen LogP contribution in [0.2, 0.25) is 0 Å². The number of aromatic nitrogens is 2. The molecule has 0 radical (unpaired) electrons. The van der Waals surface area contributed by atoms with Crippen LogP contribution in [0.4, 0.5) is 5.69 Å². The predicted octanol–water partition coefficient (Wildman–Crippen LogP) is 4.48. The Bertz CT molecular complexity index is 1070. The molecule has 4 aromatic rings. The van der Waals surface area contributed by atoms with Gasteiger partial charge in [-0.25, -0.2) is 4.98 Å². The van der Waals surface area contributed by atoms with Crippen LogP contribution in [-0.4, -0.2) is 28.5 Å². The summed E-state index contributed by atoms with van der Waals surface area (Å²) in [7, 11) is 1.60. The lowest BCUT2D eigenvalue weighted by atomic mass is 10.1. The number of ether oxygens (including phenoxy) is 2. The number of methoxy groups -OCH3 is 1. The Labute approximate surface area is 166 Å². The fourth-order valence-corrected chi connectivity index (χ4v) is 3.48. The lowest BCUT2D eigenvalue weighted by molar-refractivity contribution is -0.122. The minimum Gasteiger partial charge on any atom is -0.497 e. The summed E-state index contributed by atoms with van der Waals surface area (Å²) in [6, 6.07) is 14.7. The first kappa shape index (κ1) is 18.1. The maximum atomic E-state index is 12.5. The zero-order valence-corrected chi connectivity index (χ0v) is 16.3. The number of amides is 1. The molecule has 28 heavy (non-hydrogen) atoms. The van der Waals surface area contributed by atoms with Crippen LogP contribution in [0.25, 0.3) is 16.2 Å². The van der Waals surface area contributed by atoms with E-state index in [4.69, 9.17) is 9.47 Å². The first-order valence-corrected chi connectivity index (χ1v) is 9.64. The van der Waals surface area contributed by atoms with Gasteiger partial charge in [-0.15, -0.1) is 11.3 Å². The lowest BCUT2D eigenvalue weighted by Crippen LogP contribution is -2.30. The van der Waals surface area contributed by atoms with Crippen molar-refractivity contribution >= 4 is 27.9 Å². The number of hydrogen-bond donors (Lipinski definition) is 1. The van der Waals surface area contributed by atoms with Gasteiger partial charge in [0.05, 0.1) is 12.8 Å². The maximum absolute atomic E-state index is 12.5. The molecule has 1 unspecified atom stereocenters. The number of nitrogens with one attached hydrogen (secondary N) is 1. The maximum Gasteiger partial charge on any atom is 0.265 e. The van der Waals surface area contributed by atoms with Crippen LogP contribution < -0.4 is 14.8 Å². The van der Waals surface area contributed by atoms with Gasteiger partial charge in [0.25, 0.3) is 5.91 Å². The molecule has 142 valence electrons. The summed E-state index contributed by atoms with van der Waals surface area (Å²) >= 11 is 1.58. The highest BCUT2D eigenvalue weighted by Crippen LogP contribution is 2.24. The highest BCUT2D eigenvalue weighted by Gasteiger charge is 2.15. The first-order chi connectivity index (χ1) is 13.6. The summed E-state index contributed by atoms with van der Waals surface area (Å²) in [6.45, 7) is 1.72. The van der Waals surface area contributed by atoms with Crippen molar-refractivity contribution in [2.45, 2.75) is 13.0 Å². The zero-order chi connectivity index (χ0) is 19.5. The monoisotopic (exact) mass is 393 g/mol. The molecule has 0 saturated heterocycles. The second-order valence-corrected chi connectivity index (χ2v) is 7.10. The van der Waals surface area contributed by atoms with Crippen molar-refractivity contribution in [2.24, 2.45) is 0 Å². The zero-order valence-electron chi connectivity index (χ0n) is 15.5. The number of carbonyl (C=O) groups excluding carboxylic acids is 1. The minimum atomic E-state index is -0.644. The van der Waals surface area contributed by atoms with Crippen molar-refractivity contribution in [1.82, 2.24) is 9.38 Å². The smallest absolute Gasteiger partial charge is 0.265 e. The van der Waals surface area contributed by atoms with E-state index in [9.17, 15) is 4.79 Å². The van der Waals surface area contributed by atoms with Gasteiger partial charge in [0.2, 0.25) is 0 Å². The molecule has 1 atom stereocenters. The third kappa shape index (κ3) is 3.84. The Morgan fingerprint density at radius 2 is 1.96 bits per heavy atom. The van der Waals surface area contributed by atoms with Crippen LogP contribution in [0.5, 0.6) is 11.5 Å². The molecule has 7 heteroatoms. The van der Waals surface area contributed by atoms with Crippen molar-refractivity contribution < 1.29 is 14.3 Å². The molecule has 6 nitrogen and oxygen atoms in total.